The Kier molecular flexibility index (Phi) is 6.58. The number of benzene rings is 1. The highest BCUT2D eigenvalue weighted by Gasteiger charge is 2.20. The van der Waals surface area contributed by atoms with Crippen LogP contribution >= 0.6 is 11.3 Å². The Morgan fingerprint density at radius 1 is 1.11 bits per heavy atom. The Morgan fingerprint density at radius 3 is 2.63 bits per heavy atom. The van der Waals surface area contributed by atoms with Gasteiger partial charge in [0.1, 0.15) is 0 Å². The zero-order valence-electron chi connectivity index (χ0n) is 15.1. The van der Waals surface area contributed by atoms with Crippen molar-refractivity contribution in [1.82, 2.24) is 15.1 Å². The monoisotopic (exact) mass is 382 g/mol. The zero-order chi connectivity index (χ0) is 19.1. The Bertz CT molecular complexity index is 812. The van der Waals surface area contributed by atoms with E-state index in [4.69, 9.17) is 5.26 Å². The van der Waals surface area contributed by atoms with Crippen LogP contribution in [0.5, 0.6) is 0 Å². The number of hydrogen-bond acceptors (Lipinski definition) is 5. The van der Waals surface area contributed by atoms with Gasteiger partial charge < -0.3 is 10.2 Å². The van der Waals surface area contributed by atoms with E-state index in [-0.39, 0.29) is 18.4 Å². The van der Waals surface area contributed by atoms with Crippen molar-refractivity contribution in [3.8, 4) is 6.07 Å². The molecule has 1 aliphatic heterocycles. The first-order valence-corrected chi connectivity index (χ1v) is 9.84. The highest BCUT2D eigenvalue weighted by atomic mass is 32.1. The molecular formula is C20H22N4O2S. The standard InChI is InChI=1S/C20H22N4O2S/c21-13-16-4-6-17(7-5-16)15-23-8-2-9-24(11-10-23)19(25)14-22-20(26)18-3-1-12-27-18/h1,3-7,12H,2,8-11,14-15H2,(H,22,26). The zero-order valence-corrected chi connectivity index (χ0v) is 15.9. The molecule has 1 aromatic carbocycles. The van der Waals surface area contributed by atoms with Crippen LogP contribution < -0.4 is 5.32 Å². The fourth-order valence-electron chi connectivity index (χ4n) is 3.08. The second-order valence-corrected chi connectivity index (χ2v) is 7.43. The Balaban J connectivity index is 1.46. The molecule has 7 heteroatoms. The van der Waals surface area contributed by atoms with Crippen LogP contribution in [0, 0.1) is 11.3 Å². The van der Waals surface area contributed by atoms with E-state index in [1.807, 2.05) is 40.6 Å². The van der Waals surface area contributed by atoms with Gasteiger partial charge >= 0.3 is 0 Å². The summed E-state index contributed by atoms with van der Waals surface area (Å²) in [4.78, 5) is 29.2. The average molecular weight is 382 g/mol. The van der Waals surface area contributed by atoms with Crippen molar-refractivity contribution in [2.75, 3.05) is 32.7 Å². The lowest BCUT2D eigenvalue weighted by atomic mass is 10.1. The smallest absolute Gasteiger partial charge is 0.261 e. The van der Waals surface area contributed by atoms with Crippen LogP contribution in [0.3, 0.4) is 0 Å². The number of thiophene rings is 1. The molecule has 1 aliphatic rings. The molecule has 0 spiro atoms. The second kappa shape index (κ2) is 9.31. The number of amides is 2. The molecule has 0 atom stereocenters. The number of nitriles is 1. The molecule has 140 valence electrons. The van der Waals surface area contributed by atoms with Gasteiger partial charge in [0.05, 0.1) is 23.1 Å². The molecule has 2 heterocycles. The Morgan fingerprint density at radius 2 is 1.93 bits per heavy atom. The van der Waals surface area contributed by atoms with E-state index in [1.54, 1.807) is 6.07 Å². The van der Waals surface area contributed by atoms with Crippen molar-refractivity contribution in [1.29, 1.82) is 5.26 Å². The van der Waals surface area contributed by atoms with Gasteiger partial charge in [-0.05, 0) is 35.6 Å². The molecule has 0 radical (unpaired) electrons. The fourth-order valence-corrected chi connectivity index (χ4v) is 3.72. The number of rotatable bonds is 5. The summed E-state index contributed by atoms with van der Waals surface area (Å²) in [5, 5.41) is 13.4. The fraction of sp³-hybridized carbons (Fsp3) is 0.350. The second-order valence-electron chi connectivity index (χ2n) is 6.48. The van der Waals surface area contributed by atoms with E-state index >= 15 is 0 Å². The maximum absolute atomic E-state index is 12.4. The third-order valence-electron chi connectivity index (χ3n) is 4.58. The first-order chi connectivity index (χ1) is 13.2. The topological polar surface area (TPSA) is 76.4 Å². The number of hydrogen-bond donors (Lipinski definition) is 1. The molecule has 27 heavy (non-hydrogen) atoms. The van der Waals surface area contributed by atoms with Crippen molar-refractivity contribution in [2.24, 2.45) is 0 Å². The van der Waals surface area contributed by atoms with E-state index in [0.717, 1.165) is 31.6 Å². The summed E-state index contributed by atoms with van der Waals surface area (Å²) in [6.45, 7) is 3.92. The first kappa shape index (κ1) is 19.1. The summed E-state index contributed by atoms with van der Waals surface area (Å²) in [7, 11) is 0. The van der Waals surface area contributed by atoms with Crippen molar-refractivity contribution in [2.45, 2.75) is 13.0 Å². The normalized spacial score (nSPS) is 15.0. The molecule has 0 saturated carbocycles. The molecule has 1 aromatic heterocycles. The molecule has 1 fully saturated rings. The molecule has 3 rings (SSSR count). The third kappa shape index (κ3) is 5.39. The Labute approximate surface area is 163 Å². The largest absolute Gasteiger partial charge is 0.342 e. The van der Waals surface area contributed by atoms with Gasteiger partial charge in [-0.15, -0.1) is 11.3 Å². The van der Waals surface area contributed by atoms with Gasteiger partial charge in [0, 0.05) is 32.7 Å². The quantitative estimate of drug-likeness (QED) is 0.859. The van der Waals surface area contributed by atoms with E-state index < -0.39 is 0 Å². The van der Waals surface area contributed by atoms with Gasteiger partial charge in [-0.2, -0.15) is 5.26 Å². The number of nitrogens with zero attached hydrogens (tertiary/aromatic N) is 3. The third-order valence-corrected chi connectivity index (χ3v) is 5.44. The van der Waals surface area contributed by atoms with Gasteiger partial charge in [0.25, 0.3) is 5.91 Å². The van der Waals surface area contributed by atoms with Gasteiger partial charge in [0.15, 0.2) is 0 Å². The molecule has 1 N–H and O–H groups in total. The number of nitrogens with one attached hydrogen (secondary N) is 1. The SMILES string of the molecule is N#Cc1ccc(CN2CCCN(C(=O)CNC(=O)c3cccs3)CC2)cc1. The summed E-state index contributed by atoms with van der Waals surface area (Å²) in [6.07, 6.45) is 0.904. The number of carbonyl (C=O) groups is 2. The van der Waals surface area contributed by atoms with Crippen molar-refractivity contribution in [3.05, 3.63) is 57.8 Å². The highest BCUT2D eigenvalue weighted by molar-refractivity contribution is 7.12. The van der Waals surface area contributed by atoms with E-state index in [0.29, 0.717) is 23.5 Å². The van der Waals surface area contributed by atoms with Crippen LogP contribution in [-0.4, -0.2) is 54.3 Å². The van der Waals surface area contributed by atoms with Crippen molar-refractivity contribution < 1.29 is 9.59 Å². The summed E-state index contributed by atoms with van der Waals surface area (Å²) in [6, 6.07) is 13.3. The predicted octanol–water partition coefficient (Wildman–Crippen LogP) is 2.08. The molecule has 0 aliphatic carbocycles. The van der Waals surface area contributed by atoms with Crippen LogP contribution in [0.2, 0.25) is 0 Å². The van der Waals surface area contributed by atoms with Gasteiger partial charge in [-0.25, -0.2) is 0 Å². The predicted molar refractivity (Wildman–Crippen MR) is 104 cm³/mol. The summed E-state index contributed by atoms with van der Waals surface area (Å²) >= 11 is 1.36. The first-order valence-electron chi connectivity index (χ1n) is 8.96. The minimum Gasteiger partial charge on any atom is -0.342 e. The van der Waals surface area contributed by atoms with Crippen molar-refractivity contribution >= 4 is 23.2 Å². The highest BCUT2D eigenvalue weighted by Crippen LogP contribution is 2.11. The molecule has 2 amide bonds. The van der Waals surface area contributed by atoms with E-state index in [9.17, 15) is 9.59 Å². The minimum absolute atomic E-state index is 0.0341. The molecule has 0 unspecified atom stereocenters. The molecule has 2 aromatic rings. The van der Waals surface area contributed by atoms with E-state index in [1.165, 1.54) is 11.3 Å². The lowest BCUT2D eigenvalue weighted by Crippen LogP contribution is -2.41. The van der Waals surface area contributed by atoms with Gasteiger partial charge in [-0.1, -0.05) is 18.2 Å². The molecular weight excluding hydrogens is 360 g/mol. The molecule has 1 saturated heterocycles. The van der Waals surface area contributed by atoms with Crippen LogP contribution in [0.1, 0.15) is 27.2 Å². The van der Waals surface area contributed by atoms with Crippen LogP contribution in [0.15, 0.2) is 41.8 Å². The maximum Gasteiger partial charge on any atom is 0.261 e. The van der Waals surface area contributed by atoms with Crippen LogP contribution in [-0.2, 0) is 11.3 Å². The number of carbonyl (C=O) groups excluding carboxylic acids is 2. The van der Waals surface area contributed by atoms with Gasteiger partial charge in [0.2, 0.25) is 5.91 Å². The summed E-state index contributed by atoms with van der Waals surface area (Å²) in [5.41, 5.74) is 1.83. The Hall–Kier alpha value is -2.69. The lowest BCUT2D eigenvalue weighted by molar-refractivity contribution is -0.130. The average Bonchev–Trinajstić information content (AvgIpc) is 3.14. The van der Waals surface area contributed by atoms with Crippen LogP contribution in [0.25, 0.3) is 0 Å². The summed E-state index contributed by atoms with van der Waals surface area (Å²) in [5.74, 6) is -0.240. The van der Waals surface area contributed by atoms with Crippen molar-refractivity contribution in [3.63, 3.8) is 0 Å². The molecule has 0 bridgehead atoms. The van der Waals surface area contributed by atoms with E-state index in [2.05, 4.69) is 16.3 Å². The van der Waals surface area contributed by atoms with Gasteiger partial charge in [-0.3, -0.25) is 14.5 Å². The lowest BCUT2D eigenvalue weighted by Gasteiger charge is -2.22. The minimum atomic E-state index is -0.199. The summed E-state index contributed by atoms with van der Waals surface area (Å²) < 4.78 is 0. The molecule has 6 nitrogen and oxygen atoms in total. The maximum atomic E-state index is 12.4. The van der Waals surface area contributed by atoms with Crippen LogP contribution in [0.4, 0.5) is 0 Å².